The lowest BCUT2D eigenvalue weighted by Crippen LogP contribution is -2.33. The summed E-state index contributed by atoms with van der Waals surface area (Å²) in [5.74, 6) is 0.864. The molecule has 0 radical (unpaired) electrons. The first-order valence-corrected chi connectivity index (χ1v) is 7.31. The molecule has 1 aliphatic carbocycles. The van der Waals surface area contributed by atoms with Crippen LogP contribution in [0.15, 0.2) is 18.2 Å². The van der Waals surface area contributed by atoms with Gasteiger partial charge < -0.3 is 10.2 Å². The van der Waals surface area contributed by atoms with Crippen LogP contribution in [0, 0.1) is 5.92 Å². The van der Waals surface area contributed by atoms with Crippen LogP contribution in [0.4, 0.5) is 5.69 Å². The van der Waals surface area contributed by atoms with Gasteiger partial charge >= 0.3 is 0 Å². The van der Waals surface area contributed by atoms with Gasteiger partial charge in [0, 0.05) is 19.6 Å². The first kappa shape index (κ1) is 13.7. The van der Waals surface area contributed by atoms with Crippen molar-refractivity contribution in [1.82, 2.24) is 5.32 Å². The van der Waals surface area contributed by atoms with Crippen LogP contribution >= 0.6 is 11.6 Å². The second-order valence-corrected chi connectivity index (χ2v) is 5.52. The van der Waals surface area contributed by atoms with Crippen molar-refractivity contribution in [3.05, 3.63) is 28.8 Å². The second-order valence-electron chi connectivity index (χ2n) is 5.11. The van der Waals surface area contributed by atoms with Gasteiger partial charge in [-0.2, -0.15) is 0 Å². The van der Waals surface area contributed by atoms with Gasteiger partial charge in [-0.15, -0.1) is 0 Å². The summed E-state index contributed by atoms with van der Waals surface area (Å²) >= 11 is 6.41. The molecule has 0 spiro atoms. The third kappa shape index (κ3) is 2.99. The Balaban J connectivity index is 2.21. The summed E-state index contributed by atoms with van der Waals surface area (Å²) in [6.45, 7) is 5.26. The topological polar surface area (TPSA) is 15.3 Å². The van der Waals surface area contributed by atoms with Crippen LogP contribution in [-0.2, 0) is 6.54 Å². The van der Waals surface area contributed by atoms with Crippen molar-refractivity contribution in [3.8, 4) is 0 Å². The maximum Gasteiger partial charge on any atom is 0.0642 e. The lowest BCUT2D eigenvalue weighted by atomic mass is 9.85. The summed E-state index contributed by atoms with van der Waals surface area (Å²) in [6, 6.07) is 6.20. The molecule has 2 nitrogen and oxygen atoms in total. The fraction of sp³-hybridized carbons (Fsp3) is 0.600. The molecular weight excluding hydrogens is 244 g/mol. The van der Waals surface area contributed by atoms with Gasteiger partial charge in [0.25, 0.3) is 0 Å². The number of anilines is 1. The molecule has 0 atom stereocenters. The van der Waals surface area contributed by atoms with Crippen LogP contribution < -0.4 is 10.2 Å². The number of hydrogen-bond donors (Lipinski definition) is 1. The molecule has 0 amide bonds. The Morgan fingerprint density at radius 3 is 2.72 bits per heavy atom. The van der Waals surface area contributed by atoms with E-state index in [9.17, 15) is 0 Å². The molecule has 0 aromatic heterocycles. The highest BCUT2D eigenvalue weighted by Crippen LogP contribution is 2.34. The van der Waals surface area contributed by atoms with Crippen molar-refractivity contribution in [3.63, 3.8) is 0 Å². The quantitative estimate of drug-likeness (QED) is 0.845. The minimum absolute atomic E-state index is 0.864. The van der Waals surface area contributed by atoms with Gasteiger partial charge in [-0.3, -0.25) is 0 Å². The molecule has 0 saturated heterocycles. The molecule has 1 aromatic carbocycles. The van der Waals surface area contributed by atoms with E-state index in [1.165, 1.54) is 30.5 Å². The minimum Gasteiger partial charge on any atom is -0.370 e. The molecule has 2 rings (SSSR count). The Morgan fingerprint density at radius 2 is 2.17 bits per heavy atom. The smallest absolute Gasteiger partial charge is 0.0642 e. The molecule has 0 aliphatic heterocycles. The number of hydrogen-bond acceptors (Lipinski definition) is 2. The van der Waals surface area contributed by atoms with Crippen LogP contribution in [-0.4, -0.2) is 20.1 Å². The van der Waals surface area contributed by atoms with Crippen molar-refractivity contribution < 1.29 is 0 Å². The highest BCUT2D eigenvalue weighted by atomic mass is 35.5. The SMILES string of the molecule is CCN(CC1CCC1)c1c(Cl)cccc1CNC. The van der Waals surface area contributed by atoms with Crippen molar-refractivity contribution >= 4 is 17.3 Å². The zero-order chi connectivity index (χ0) is 13.0. The maximum atomic E-state index is 6.41. The van der Waals surface area contributed by atoms with E-state index in [4.69, 9.17) is 11.6 Å². The first-order chi connectivity index (χ1) is 8.76. The van der Waals surface area contributed by atoms with E-state index in [-0.39, 0.29) is 0 Å². The summed E-state index contributed by atoms with van der Waals surface area (Å²) in [7, 11) is 1.98. The number of rotatable bonds is 6. The molecule has 0 unspecified atom stereocenters. The summed E-state index contributed by atoms with van der Waals surface area (Å²) in [6.07, 6.45) is 4.15. The Morgan fingerprint density at radius 1 is 1.39 bits per heavy atom. The monoisotopic (exact) mass is 266 g/mol. The normalized spacial score (nSPS) is 15.5. The van der Waals surface area contributed by atoms with Gasteiger partial charge in [-0.25, -0.2) is 0 Å². The third-order valence-corrected chi connectivity index (χ3v) is 4.14. The van der Waals surface area contributed by atoms with Gasteiger partial charge in [0.05, 0.1) is 10.7 Å². The highest BCUT2D eigenvalue weighted by molar-refractivity contribution is 6.33. The second kappa shape index (κ2) is 6.44. The molecule has 0 bridgehead atoms. The van der Waals surface area contributed by atoms with Crippen LogP contribution in [0.3, 0.4) is 0 Å². The summed E-state index contributed by atoms with van der Waals surface area (Å²) < 4.78 is 0. The van der Waals surface area contributed by atoms with Crippen LogP contribution in [0.25, 0.3) is 0 Å². The summed E-state index contributed by atoms with van der Waals surface area (Å²) in [5, 5.41) is 4.11. The zero-order valence-corrected chi connectivity index (χ0v) is 12.1. The molecule has 0 heterocycles. The Bertz CT molecular complexity index is 388. The number of nitrogens with one attached hydrogen (secondary N) is 1. The largest absolute Gasteiger partial charge is 0.370 e. The van der Waals surface area contributed by atoms with E-state index in [0.29, 0.717) is 0 Å². The Labute approximate surface area is 115 Å². The Kier molecular flexibility index (Phi) is 4.90. The molecule has 18 heavy (non-hydrogen) atoms. The van der Waals surface area contributed by atoms with Crippen LogP contribution in [0.5, 0.6) is 0 Å². The summed E-state index contributed by atoms with van der Waals surface area (Å²) in [5.41, 5.74) is 2.52. The predicted molar refractivity (Wildman–Crippen MR) is 79.4 cm³/mol. The number of halogens is 1. The van der Waals surface area contributed by atoms with Crippen molar-refractivity contribution in [1.29, 1.82) is 0 Å². The summed E-state index contributed by atoms with van der Waals surface area (Å²) in [4.78, 5) is 2.44. The zero-order valence-electron chi connectivity index (χ0n) is 11.4. The predicted octanol–water partition coefficient (Wildman–Crippen LogP) is 3.69. The number of benzene rings is 1. The van der Waals surface area contributed by atoms with E-state index >= 15 is 0 Å². The van der Waals surface area contributed by atoms with Crippen molar-refractivity contribution in [2.24, 2.45) is 5.92 Å². The number of nitrogens with zero attached hydrogens (tertiary/aromatic N) is 1. The first-order valence-electron chi connectivity index (χ1n) is 6.93. The lowest BCUT2D eigenvalue weighted by Gasteiger charge is -2.34. The molecule has 100 valence electrons. The Hall–Kier alpha value is -0.730. The van der Waals surface area contributed by atoms with Gasteiger partial charge in [0.1, 0.15) is 0 Å². The standard InChI is InChI=1S/C15H23ClN2/c1-3-18(11-12-6-4-7-12)15-13(10-17-2)8-5-9-14(15)16/h5,8-9,12,17H,3-4,6-7,10-11H2,1-2H3. The van der Waals surface area contributed by atoms with Crippen molar-refractivity contribution in [2.45, 2.75) is 32.7 Å². The molecule has 3 heteroatoms. The van der Waals surface area contributed by atoms with E-state index in [2.05, 4.69) is 23.2 Å². The van der Waals surface area contributed by atoms with Crippen LogP contribution in [0.1, 0.15) is 31.7 Å². The molecule has 1 aliphatic rings. The van der Waals surface area contributed by atoms with E-state index in [0.717, 1.165) is 30.6 Å². The molecular formula is C15H23ClN2. The fourth-order valence-electron chi connectivity index (χ4n) is 2.61. The molecule has 1 N–H and O–H groups in total. The van der Waals surface area contributed by atoms with Gasteiger partial charge in [-0.05, 0) is 44.4 Å². The average Bonchev–Trinajstić information content (AvgIpc) is 2.30. The number of para-hydroxylation sites is 1. The maximum absolute atomic E-state index is 6.41. The van der Waals surface area contributed by atoms with E-state index < -0.39 is 0 Å². The molecule has 1 aromatic rings. The molecule has 1 fully saturated rings. The lowest BCUT2D eigenvalue weighted by molar-refractivity contribution is 0.318. The average molecular weight is 267 g/mol. The van der Waals surface area contributed by atoms with Crippen LogP contribution in [0.2, 0.25) is 5.02 Å². The van der Waals surface area contributed by atoms with Gasteiger partial charge in [-0.1, -0.05) is 30.2 Å². The minimum atomic E-state index is 0.864. The highest BCUT2D eigenvalue weighted by Gasteiger charge is 2.22. The van der Waals surface area contributed by atoms with Gasteiger partial charge in [0.15, 0.2) is 0 Å². The van der Waals surface area contributed by atoms with E-state index in [1.54, 1.807) is 0 Å². The van der Waals surface area contributed by atoms with Gasteiger partial charge in [0.2, 0.25) is 0 Å². The van der Waals surface area contributed by atoms with Crippen molar-refractivity contribution in [2.75, 3.05) is 25.0 Å². The van der Waals surface area contributed by atoms with E-state index in [1.807, 2.05) is 19.2 Å². The fourth-order valence-corrected chi connectivity index (χ4v) is 2.93. The molecule has 1 saturated carbocycles. The third-order valence-electron chi connectivity index (χ3n) is 3.84.